The highest BCUT2D eigenvalue weighted by atomic mass is 31.2. The van der Waals surface area contributed by atoms with Crippen LogP contribution in [0.25, 0.3) is 0 Å². The molecule has 0 amide bonds. The summed E-state index contributed by atoms with van der Waals surface area (Å²) in [6.07, 6.45) is -4.19. The number of hydrogen-bond donors (Lipinski definition) is 7. The van der Waals surface area contributed by atoms with Crippen molar-refractivity contribution in [3.05, 3.63) is 0 Å². The number of ketones is 1. The number of Topliss-reactive ketones (excluding diaryl/α,β-unsaturated/α-hetero) is 1. The zero-order valence-corrected chi connectivity index (χ0v) is 9.56. The molecule has 9 nitrogen and oxygen atoms in total. The van der Waals surface area contributed by atoms with Gasteiger partial charge in [0.2, 0.25) is 0 Å². The van der Waals surface area contributed by atoms with Crippen molar-refractivity contribution in [2.24, 2.45) is 0 Å². The number of aliphatic hydroxyl groups excluding tert-OH is 4. The standard InChI is InChI=1S/C7H15O9P/c8-1-5(11)7(13,3-9)6(12)4(10)2-16-17(14)15/h5-6,8-9,11-15H,1-3H2. The average Bonchev–Trinajstić information content (AvgIpc) is 2.32. The largest absolute Gasteiger partial charge is 0.394 e. The van der Waals surface area contributed by atoms with Gasteiger partial charge in [-0.1, -0.05) is 0 Å². The van der Waals surface area contributed by atoms with Gasteiger partial charge >= 0.3 is 8.60 Å². The summed E-state index contributed by atoms with van der Waals surface area (Å²) in [5, 5.41) is 45.6. The second-order valence-electron chi connectivity index (χ2n) is 3.24. The molecule has 0 heterocycles. The molecule has 10 heteroatoms. The van der Waals surface area contributed by atoms with Crippen molar-refractivity contribution in [1.29, 1.82) is 0 Å². The van der Waals surface area contributed by atoms with Crippen molar-refractivity contribution in [3.63, 3.8) is 0 Å². The summed E-state index contributed by atoms with van der Waals surface area (Å²) in [6, 6.07) is 0. The van der Waals surface area contributed by atoms with Crippen molar-refractivity contribution in [1.82, 2.24) is 0 Å². The molecule has 0 aliphatic rings. The molecule has 0 fully saturated rings. The molecule has 0 aromatic rings. The van der Waals surface area contributed by atoms with Gasteiger partial charge in [-0.3, -0.25) is 4.79 Å². The predicted octanol–water partition coefficient (Wildman–Crippen LogP) is -3.78. The first-order valence-electron chi connectivity index (χ1n) is 4.43. The van der Waals surface area contributed by atoms with Gasteiger partial charge in [0, 0.05) is 0 Å². The minimum atomic E-state index is -2.80. The Hall–Kier alpha value is -0.220. The van der Waals surface area contributed by atoms with Crippen LogP contribution in [-0.2, 0) is 9.32 Å². The van der Waals surface area contributed by atoms with Gasteiger partial charge in [-0.05, 0) is 0 Å². The summed E-state index contributed by atoms with van der Waals surface area (Å²) in [6.45, 7) is -3.11. The second-order valence-corrected chi connectivity index (χ2v) is 4.01. The first-order valence-corrected chi connectivity index (χ1v) is 5.59. The first-order chi connectivity index (χ1) is 7.79. The quantitative estimate of drug-likeness (QED) is 0.220. The number of hydrogen-bond acceptors (Lipinski definition) is 9. The highest BCUT2D eigenvalue weighted by molar-refractivity contribution is 7.39. The van der Waals surface area contributed by atoms with Crippen LogP contribution in [0.2, 0.25) is 0 Å². The van der Waals surface area contributed by atoms with Gasteiger partial charge in [0.25, 0.3) is 0 Å². The monoisotopic (exact) mass is 274 g/mol. The van der Waals surface area contributed by atoms with Crippen molar-refractivity contribution >= 4 is 14.4 Å². The lowest BCUT2D eigenvalue weighted by molar-refractivity contribution is -0.184. The van der Waals surface area contributed by atoms with Gasteiger partial charge in [-0.2, -0.15) is 0 Å². The lowest BCUT2D eigenvalue weighted by Crippen LogP contribution is -2.59. The Bertz CT molecular complexity index is 247. The average molecular weight is 274 g/mol. The van der Waals surface area contributed by atoms with Crippen molar-refractivity contribution < 1.29 is 44.6 Å². The van der Waals surface area contributed by atoms with Crippen LogP contribution >= 0.6 is 8.60 Å². The van der Waals surface area contributed by atoms with E-state index in [-0.39, 0.29) is 0 Å². The van der Waals surface area contributed by atoms with Crippen LogP contribution in [0.3, 0.4) is 0 Å². The molecule has 0 saturated carbocycles. The van der Waals surface area contributed by atoms with Crippen molar-refractivity contribution in [2.75, 3.05) is 19.8 Å². The van der Waals surface area contributed by atoms with Gasteiger partial charge in [0.1, 0.15) is 24.4 Å². The highest BCUT2D eigenvalue weighted by Crippen LogP contribution is 2.25. The Labute approximate surface area is 97.5 Å². The molecular formula is C7H15O9P. The summed E-state index contributed by atoms with van der Waals surface area (Å²) < 4.78 is 4.11. The predicted molar refractivity (Wildman–Crippen MR) is 53.5 cm³/mol. The van der Waals surface area contributed by atoms with Crippen LogP contribution < -0.4 is 0 Å². The number of rotatable bonds is 8. The minimum Gasteiger partial charge on any atom is -0.394 e. The van der Waals surface area contributed by atoms with E-state index >= 15 is 0 Å². The Morgan fingerprint density at radius 3 is 2.18 bits per heavy atom. The van der Waals surface area contributed by atoms with Gasteiger partial charge in [-0.15, -0.1) is 0 Å². The summed E-state index contributed by atoms with van der Waals surface area (Å²) in [5.41, 5.74) is -2.65. The fourth-order valence-electron chi connectivity index (χ4n) is 1.01. The number of carbonyl (C=O) groups is 1. The molecule has 0 spiro atoms. The highest BCUT2D eigenvalue weighted by Gasteiger charge is 2.45. The molecule has 3 unspecified atom stereocenters. The molecule has 0 bridgehead atoms. The Balaban J connectivity index is 4.62. The maximum atomic E-state index is 11.2. The molecule has 102 valence electrons. The van der Waals surface area contributed by atoms with Gasteiger partial charge in [0.15, 0.2) is 5.78 Å². The van der Waals surface area contributed by atoms with Crippen LogP contribution in [0.15, 0.2) is 0 Å². The molecule has 7 N–H and O–H groups in total. The molecule has 0 radical (unpaired) electrons. The minimum absolute atomic E-state index is 0.930. The van der Waals surface area contributed by atoms with E-state index in [1.54, 1.807) is 0 Å². The zero-order chi connectivity index (χ0) is 13.6. The Morgan fingerprint density at radius 2 is 1.82 bits per heavy atom. The van der Waals surface area contributed by atoms with Gasteiger partial charge in [-0.25, -0.2) is 0 Å². The van der Waals surface area contributed by atoms with Gasteiger partial charge < -0.3 is 39.8 Å². The molecule has 0 aliphatic heterocycles. The van der Waals surface area contributed by atoms with Crippen molar-refractivity contribution in [3.8, 4) is 0 Å². The third-order valence-corrected chi connectivity index (χ3v) is 2.46. The van der Waals surface area contributed by atoms with Crippen LogP contribution in [0.4, 0.5) is 0 Å². The summed E-state index contributed by atoms with van der Waals surface area (Å²) in [5.74, 6) is -1.19. The lowest BCUT2D eigenvalue weighted by Gasteiger charge is -2.33. The molecule has 0 saturated heterocycles. The smallest absolute Gasteiger partial charge is 0.327 e. The van der Waals surface area contributed by atoms with Gasteiger partial charge in [0.05, 0.1) is 13.2 Å². The summed E-state index contributed by atoms with van der Waals surface area (Å²) in [4.78, 5) is 27.9. The molecule has 3 atom stereocenters. The number of carbonyl (C=O) groups excluding carboxylic acids is 1. The van der Waals surface area contributed by atoms with Crippen LogP contribution in [-0.4, -0.2) is 78.7 Å². The fourth-order valence-corrected chi connectivity index (χ4v) is 1.25. The van der Waals surface area contributed by atoms with Crippen LogP contribution in [0, 0.1) is 0 Å². The molecular weight excluding hydrogens is 259 g/mol. The number of aliphatic hydroxyl groups is 5. The Morgan fingerprint density at radius 1 is 1.29 bits per heavy atom. The van der Waals surface area contributed by atoms with Crippen molar-refractivity contribution in [2.45, 2.75) is 17.8 Å². The van der Waals surface area contributed by atoms with Crippen LogP contribution in [0.1, 0.15) is 0 Å². The lowest BCUT2D eigenvalue weighted by atomic mass is 9.89. The molecule has 0 rings (SSSR count). The second kappa shape index (κ2) is 7.27. The van der Waals surface area contributed by atoms with E-state index < -0.39 is 52.0 Å². The molecule has 17 heavy (non-hydrogen) atoms. The zero-order valence-electron chi connectivity index (χ0n) is 8.67. The maximum Gasteiger partial charge on any atom is 0.327 e. The van der Waals surface area contributed by atoms with E-state index in [0.717, 1.165) is 0 Å². The summed E-state index contributed by atoms with van der Waals surface area (Å²) in [7, 11) is -2.80. The van der Waals surface area contributed by atoms with E-state index in [9.17, 15) is 15.0 Å². The fraction of sp³-hybridized carbons (Fsp3) is 0.857. The van der Waals surface area contributed by atoms with E-state index in [2.05, 4.69) is 4.52 Å². The van der Waals surface area contributed by atoms with Crippen LogP contribution in [0.5, 0.6) is 0 Å². The maximum absolute atomic E-state index is 11.2. The molecule has 0 aromatic heterocycles. The topological polar surface area (TPSA) is 168 Å². The van der Waals surface area contributed by atoms with E-state index in [4.69, 9.17) is 25.1 Å². The molecule has 0 aromatic carbocycles. The first kappa shape index (κ1) is 16.8. The molecule has 0 aliphatic carbocycles. The summed E-state index contributed by atoms with van der Waals surface area (Å²) >= 11 is 0. The van der Waals surface area contributed by atoms with E-state index in [0.29, 0.717) is 0 Å². The Kier molecular flexibility index (Phi) is 7.17. The SMILES string of the molecule is O=C(COP(O)O)C(O)C(O)(CO)C(O)CO. The van der Waals surface area contributed by atoms with E-state index in [1.807, 2.05) is 0 Å². The normalized spacial score (nSPS) is 18.8. The van der Waals surface area contributed by atoms with E-state index in [1.165, 1.54) is 0 Å². The third kappa shape index (κ3) is 4.51. The third-order valence-electron chi connectivity index (χ3n) is 2.10.